The molecule has 2 aliphatic carbocycles. The summed E-state index contributed by atoms with van der Waals surface area (Å²) in [7, 11) is -3.90. The van der Waals surface area contributed by atoms with Crippen molar-refractivity contribution in [3.05, 3.63) is 54.1 Å². The summed E-state index contributed by atoms with van der Waals surface area (Å²) in [6.45, 7) is 4.07. The van der Waals surface area contributed by atoms with E-state index in [1.807, 2.05) is 13.8 Å². The molecule has 0 radical (unpaired) electrons. The molecule has 2 aliphatic rings. The molecule has 0 spiro atoms. The van der Waals surface area contributed by atoms with E-state index >= 15 is 0 Å². The Kier molecular flexibility index (Phi) is 6.23. The van der Waals surface area contributed by atoms with Gasteiger partial charge in [0, 0.05) is 6.04 Å². The molecule has 3 atom stereocenters. The van der Waals surface area contributed by atoms with Crippen molar-refractivity contribution in [1.82, 2.24) is 5.32 Å². The number of fused-ring (bicyclic) bond motifs is 2. The fourth-order valence-electron chi connectivity index (χ4n) is 4.83. The first kappa shape index (κ1) is 21.7. The van der Waals surface area contributed by atoms with Gasteiger partial charge < -0.3 is 10.1 Å². The lowest BCUT2D eigenvalue weighted by atomic mass is 9.95. The molecule has 2 bridgehead atoms. The number of aryl methyl sites for hydroxylation is 1. The summed E-state index contributed by atoms with van der Waals surface area (Å²) in [6, 6.07) is 13.7. The lowest BCUT2D eigenvalue weighted by Gasteiger charge is -2.27. The molecule has 1 N–H and O–H groups in total. The summed E-state index contributed by atoms with van der Waals surface area (Å²) < 4.78 is 33.6. The maximum absolute atomic E-state index is 13.5. The zero-order valence-electron chi connectivity index (χ0n) is 18.1. The predicted molar refractivity (Wildman–Crippen MR) is 121 cm³/mol. The highest BCUT2D eigenvalue weighted by Crippen LogP contribution is 2.44. The average Bonchev–Trinajstić information content (AvgIpc) is 3.36. The van der Waals surface area contributed by atoms with Crippen LogP contribution in [0.25, 0.3) is 0 Å². The van der Waals surface area contributed by atoms with E-state index < -0.39 is 10.0 Å². The van der Waals surface area contributed by atoms with Crippen molar-refractivity contribution in [3.8, 4) is 5.75 Å². The number of anilines is 1. The third-order valence-corrected chi connectivity index (χ3v) is 8.20. The molecule has 2 saturated carbocycles. The molecule has 0 aliphatic heterocycles. The second-order valence-electron chi connectivity index (χ2n) is 8.60. The molecule has 2 fully saturated rings. The molecule has 2 aromatic carbocycles. The minimum absolute atomic E-state index is 0.163. The van der Waals surface area contributed by atoms with E-state index in [0.29, 0.717) is 29.9 Å². The van der Waals surface area contributed by atoms with Crippen LogP contribution in [-0.2, 0) is 14.8 Å². The molecule has 0 saturated heterocycles. The summed E-state index contributed by atoms with van der Waals surface area (Å²) in [4.78, 5) is 13.1. The Morgan fingerprint density at radius 3 is 2.35 bits per heavy atom. The number of carbonyl (C=O) groups excluding carboxylic acids is 1. The molecule has 4 rings (SSSR count). The number of carbonyl (C=O) groups is 1. The fourth-order valence-corrected chi connectivity index (χ4v) is 6.25. The summed E-state index contributed by atoms with van der Waals surface area (Å²) in [5.74, 6) is 1.63. The average molecular weight is 443 g/mol. The largest absolute Gasteiger partial charge is 0.494 e. The van der Waals surface area contributed by atoms with Gasteiger partial charge in [-0.15, -0.1) is 0 Å². The zero-order valence-corrected chi connectivity index (χ0v) is 18.9. The first-order valence-electron chi connectivity index (χ1n) is 11.0. The van der Waals surface area contributed by atoms with Crippen molar-refractivity contribution < 1.29 is 17.9 Å². The van der Waals surface area contributed by atoms with Crippen LogP contribution in [0.3, 0.4) is 0 Å². The lowest BCUT2D eigenvalue weighted by molar-refractivity contribution is -0.120. The lowest BCUT2D eigenvalue weighted by Crippen LogP contribution is -2.46. The van der Waals surface area contributed by atoms with Gasteiger partial charge in [-0.1, -0.05) is 24.1 Å². The molecular weight excluding hydrogens is 412 g/mol. The number of amides is 1. The Balaban J connectivity index is 1.58. The summed E-state index contributed by atoms with van der Waals surface area (Å²) >= 11 is 0. The molecule has 166 valence electrons. The van der Waals surface area contributed by atoms with E-state index in [4.69, 9.17) is 4.74 Å². The van der Waals surface area contributed by atoms with Crippen LogP contribution in [0.5, 0.6) is 5.75 Å². The van der Waals surface area contributed by atoms with Crippen LogP contribution >= 0.6 is 0 Å². The molecule has 1 amide bonds. The smallest absolute Gasteiger partial charge is 0.264 e. The van der Waals surface area contributed by atoms with Gasteiger partial charge in [-0.3, -0.25) is 9.10 Å². The summed E-state index contributed by atoms with van der Waals surface area (Å²) in [5, 5.41) is 3.11. The first-order valence-corrected chi connectivity index (χ1v) is 12.4. The standard InChI is InChI=1S/C24H30N2O4S/c1-3-30-21-10-8-20(9-11-21)26(31(28,29)22-12-4-17(2)5-13-22)16-24(27)25-23-15-18-6-7-19(23)14-18/h4-5,8-13,18-19,23H,3,6-7,14-16H2,1-2H3,(H,25,27)/t18-,19-,23-/m1/s1. The van der Waals surface area contributed by atoms with Crippen molar-refractivity contribution in [2.24, 2.45) is 11.8 Å². The molecule has 0 heterocycles. The molecule has 31 heavy (non-hydrogen) atoms. The third kappa shape index (κ3) is 4.71. The first-order chi connectivity index (χ1) is 14.9. The van der Waals surface area contributed by atoms with Crippen molar-refractivity contribution in [1.29, 1.82) is 0 Å². The highest BCUT2D eigenvalue weighted by atomic mass is 32.2. The van der Waals surface area contributed by atoms with E-state index in [0.717, 1.165) is 18.4 Å². The van der Waals surface area contributed by atoms with Crippen molar-refractivity contribution in [3.63, 3.8) is 0 Å². The SMILES string of the molecule is CCOc1ccc(N(CC(=O)N[C@@H]2C[C@@H]3CC[C@@H]2C3)S(=O)(=O)c2ccc(C)cc2)cc1. The zero-order chi connectivity index (χ0) is 22.0. The Morgan fingerprint density at radius 1 is 1.06 bits per heavy atom. The number of sulfonamides is 1. The van der Waals surface area contributed by atoms with Gasteiger partial charge in [0.1, 0.15) is 12.3 Å². The van der Waals surface area contributed by atoms with Crippen LogP contribution in [0.4, 0.5) is 5.69 Å². The maximum Gasteiger partial charge on any atom is 0.264 e. The van der Waals surface area contributed by atoms with Gasteiger partial charge in [-0.05, 0) is 81.3 Å². The van der Waals surface area contributed by atoms with E-state index in [2.05, 4.69) is 5.32 Å². The second-order valence-corrected chi connectivity index (χ2v) is 10.5. The van der Waals surface area contributed by atoms with Crippen LogP contribution in [0.15, 0.2) is 53.4 Å². The Bertz CT molecular complexity index is 1020. The van der Waals surface area contributed by atoms with E-state index in [-0.39, 0.29) is 23.4 Å². The normalized spacial score (nSPS) is 22.3. The topological polar surface area (TPSA) is 75.7 Å². The Labute approximate surface area is 184 Å². The fraction of sp³-hybridized carbons (Fsp3) is 0.458. The van der Waals surface area contributed by atoms with Gasteiger partial charge >= 0.3 is 0 Å². The van der Waals surface area contributed by atoms with Crippen molar-refractivity contribution in [2.75, 3.05) is 17.5 Å². The summed E-state index contributed by atoms with van der Waals surface area (Å²) in [6.07, 6.45) is 4.58. The number of ether oxygens (including phenoxy) is 1. The van der Waals surface area contributed by atoms with Crippen LogP contribution < -0.4 is 14.4 Å². The van der Waals surface area contributed by atoms with Gasteiger partial charge in [0.25, 0.3) is 10.0 Å². The maximum atomic E-state index is 13.5. The van der Waals surface area contributed by atoms with Crippen molar-refractivity contribution in [2.45, 2.75) is 50.5 Å². The minimum Gasteiger partial charge on any atom is -0.494 e. The van der Waals surface area contributed by atoms with E-state index in [1.54, 1.807) is 48.5 Å². The van der Waals surface area contributed by atoms with Gasteiger partial charge in [-0.25, -0.2) is 8.42 Å². The van der Waals surface area contributed by atoms with E-state index in [9.17, 15) is 13.2 Å². The Morgan fingerprint density at radius 2 is 1.77 bits per heavy atom. The van der Waals surface area contributed by atoms with Crippen molar-refractivity contribution >= 4 is 21.6 Å². The molecule has 2 aromatic rings. The molecule has 7 heteroatoms. The van der Waals surface area contributed by atoms with Crippen LogP contribution in [-0.4, -0.2) is 33.5 Å². The number of hydrogen-bond acceptors (Lipinski definition) is 4. The summed E-state index contributed by atoms with van der Waals surface area (Å²) in [5.41, 5.74) is 1.41. The van der Waals surface area contributed by atoms with Gasteiger partial charge in [0.15, 0.2) is 0 Å². The van der Waals surface area contributed by atoms with Gasteiger partial charge in [0.05, 0.1) is 17.2 Å². The number of nitrogens with zero attached hydrogens (tertiary/aromatic N) is 1. The number of rotatable bonds is 8. The predicted octanol–water partition coefficient (Wildman–Crippen LogP) is 3.89. The van der Waals surface area contributed by atoms with E-state index in [1.165, 1.54) is 17.1 Å². The second kappa shape index (κ2) is 8.91. The minimum atomic E-state index is -3.90. The quantitative estimate of drug-likeness (QED) is 0.673. The van der Waals surface area contributed by atoms with Crippen LogP contribution in [0.2, 0.25) is 0 Å². The molecular formula is C24H30N2O4S. The number of nitrogens with one attached hydrogen (secondary N) is 1. The van der Waals surface area contributed by atoms with Crippen LogP contribution in [0, 0.1) is 18.8 Å². The van der Waals surface area contributed by atoms with Gasteiger partial charge in [0.2, 0.25) is 5.91 Å². The number of benzene rings is 2. The highest BCUT2D eigenvalue weighted by Gasteiger charge is 2.40. The highest BCUT2D eigenvalue weighted by molar-refractivity contribution is 7.92. The molecule has 0 aromatic heterocycles. The Hall–Kier alpha value is -2.54. The number of hydrogen-bond donors (Lipinski definition) is 1. The molecule has 6 nitrogen and oxygen atoms in total. The monoisotopic (exact) mass is 442 g/mol. The van der Waals surface area contributed by atoms with Gasteiger partial charge in [-0.2, -0.15) is 0 Å². The molecule has 0 unspecified atom stereocenters. The third-order valence-electron chi connectivity index (χ3n) is 6.42. The van der Waals surface area contributed by atoms with Crippen LogP contribution in [0.1, 0.15) is 38.2 Å².